The van der Waals surface area contributed by atoms with Crippen molar-refractivity contribution in [2.45, 2.75) is 45.1 Å². The van der Waals surface area contributed by atoms with Gasteiger partial charge in [-0.25, -0.2) is 0 Å². The van der Waals surface area contributed by atoms with E-state index in [0.29, 0.717) is 0 Å². The lowest BCUT2D eigenvalue weighted by molar-refractivity contribution is -0.159. The monoisotopic (exact) mass is 391 g/mol. The van der Waals surface area contributed by atoms with Crippen LogP contribution in [0.15, 0.2) is 36.9 Å². The van der Waals surface area contributed by atoms with E-state index in [1.54, 1.807) is 13.2 Å². The van der Waals surface area contributed by atoms with Crippen LogP contribution in [0, 0.1) is 11.8 Å². The maximum Gasteiger partial charge on any atom is 0.320 e. The molecule has 1 N–H and O–H groups in total. The van der Waals surface area contributed by atoms with Crippen molar-refractivity contribution in [2.75, 3.05) is 26.6 Å². The van der Waals surface area contributed by atoms with Gasteiger partial charge in [0.2, 0.25) is 0 Å². The normalized spacial score (nSPS) is 12.8. The molecule has 156 valence electrons. The topological polar surface area (TPSA) is 73.9 Å². The molecule has 0 bridgehead atoms. The average molecular weight is 392 g/mol. The van der Waals surface area contributed by atoms with Gasteiger partial charge in [0.1, 0.15) is 5.75 Å². The van der Waals surface area contributed by atoms with Crippen LogP contribution in [0.1, 0.15) is 39.0 Å². The first-order chi connectivity index (χ1) is 13.5. The molecule has 0 radical (unpaired) electrons. The van der Waals surface area contributed by atoms with Crippen molar-refractivity contribution in [2.24, 2.45) is 11.8 Å². The number of unbranched alkanes of at least 4 members (excludes halogenated alkanes) is 2. The lowest BCUT2D eigenvalue weighted by atomic mass is 9.86. The first-order valence-electron chi connectivity index (χ1n) is 9.69. The molecule has 1 aromatic carbocycles. The molecule has 1 rings (SSSR count). The first-order valence-corrected chi connectivity index (χ1v) is 9.69. The highest BCUT2D eigenvalue weighted by molar-refractivity contribution is 5.94. The van der Waals surface area contributed by atoms with E-state index < -0.39 is 17.9 Å². The van der Waals surface area contributed by atoms with E-state index in [1.165, 1.54) is 14.2 Å². The highest BCUT2D eigenvalue weighted by Gasteiger charge is 2.33. The molecule has 0 aliphatic carbocycles. The number of anilines is 1. The lowest BCUT2D eigenvalue weighted by Gasteiger charge is -2.28. The fourth-order valence-corrected chi connectivity index (χ4v) is 3.18. The summed E-state index contributed by atoms with van der Waals surface area (Å²) in [5.41, 5.74) is 0.946. The Morgan fingerprint density at radius 3 is 2.14 bits per heavy atom. The van der Waals surface area contributed by atoms with Crippen LogP contribution in [0.25, 0.3) is 0 Å². The van der Waals surface area contributed by atoms with Gasteiger partial charge in [-0.05, 0) is 43.0 Å². The predicted octanol–water partition coefficient (Wildman–Crippen LogP) is 4.21. The molecule has 0 aliphatic heterocycles. The molecule has 28 heavy (non-hydrogen) atoms. The summed E-state index contributed by atoms with van der Waals surface area (Å²) in [4.78, 5) is 24.2. The number of carbonyl (C=O) groups excluding carboxylic acids is 2. The minimum atomic E-state index is -0.968. The fourth-order valence-electron chi connectivity index (χ4n) is 3.18. The Bertz CT molecular complexity index is 598. The minimum Gasteiger partial charge on any atom is -0.497 e. The lowest BCUT2D eigenvalue weighted by Crippen LogP contribution is -2.35. The molecule has 0 unspecified atom stereocenters. The van der Waals surface area contributed by atoms with Gasteiger partial charge in [0.15, 0.2) is 5.92 Å². The van der Waals surface area contributed by atoms with E-state index in [-0.39, 0.29) is 18.4 Å². The summed E-state index contributed by atoms with van der Waals surface area (Å²) in [5, 5.41) is 3.53. The van der Waals surface area contributed by atoms with Crippen LogP contribution in [0.2, 0.25) is 0 Å². The third kappa shape index (κ3) is 7.25. The second-order valence-electron chi connectivity index (χ2n) is 6.71. The van der Waals surface area contributed by atoms with Gasteiger partial charge in [-0.15, -0.1) is 6.58 Å². The Morgan fingerprint density at radius 1 is 1.07 bits per heavy atom. The Morgan fingerprint density at radius 2 is 1.68 bits per heavy atom. The number of esters is 2. The van der Waals surface area contributed by atoms with Gasteiger partial charge in [0.05, 0.1) is 21.3 Å². The highest BCUT2D eigenvalue weighted by Crippen LogP contribution is 2.26. The van der Waals surface area contributed by atoms with Crippen molar-refractivity contribution in [1.82, 2.24) is 0 Å². The molecule has 0 spiro atoms. The molecule has 0 saturated heterocycles. The maximum absolute atomic E-state index is 12.1. The predicted molar refractivity (Wildman–Crippen MR) is 110 cm³/mol. The number of hydrogen-bond donors (Lipinski definition) is 1. The number of ether oxygens (including phenoxy) is 3. The number of nitrogens with one attached hydrogen (secondary N) is 1. The highest BCUT2D eigenvalue weighted by atomic mass is 16.5. The van der Waals surface area contributed by atoms with Gasteiger partial charge >= 0.3 is 11.9 Å². The van der Waals surface area contributed by atoms with Gasteiger partial charge in [0.25, 0.3) is 0 Å². The van der Waals surface area contributed by atoms with Crippen molar-refractivity contribution >= 4 is 17.6 Å². The minimum absolute atomic E-state index is 0.0225. The molecule has 0 aliphatic rings. The Balaban J connectivity index is 3.00. The number of hydrogen-bond acceptors (Lipinski definition) is 6. The van der Waals surface area contributed by atoms with Crippen LogP contribution in [0.3, 0.4) is 0 Å². The molecule has 6 heteroatoms. The molecule has 0 fully saturated rings. The molecule has 6 nitrogen and oxygen atoms in total. The van der Waals surface area contributed by atoms with Crippen LogP contribution in [0.4, 0.5) is 5.69 Å². The first kappa shape index (κ1) is 23.5. The smallest absolute Gasteiger partial charge is 0.320 e. The van der Waals surface area contributed by atoms with E-state index in [0.717, 1.165) is 37.1 Å². The average Bonchev–Trinajstić information content (AvgIpc) is 2.73. The SMILES string of the molecule is C=C[C@H](CC(C(=O)OC)C(=O)OC)[C@H](CCCCC)Nc1ccc(OC)cc1. The van der Waals surface area contributed by atoms with Gasteiger partial charge < -0.3 is 19.5 Å². The van der Waals surface area contributed by atoms with Crippen LogP contribution < -0.4 is 10.1 Å². The van der Waals surface area contributed by atoms with Crippen LogP contribution in [0.5, 0.6) is 5.75 Å². The maximum atomic E-state index is 12.1. The van der Waals surface area contributed by atoms with Gasteiger partial charge in [0, 0.05) is 11.7 Å². The molecule has 1 aromatic rings. The number of rotatable bonds is 13. The molecule has 0 saturated carbocycles. The zero-order valence-corrected chi connectivity index (χ0v) is 17.4. The molecular weight excluding hydrogens is 358 g/mol. The summed E-state index contributed by atoms with van der Waals surface area (Å²) < 4.78 is 14.8. The zero-order valence-electron chi connectivity index (χ0n) is 17.4. The van der Waals surface area contributed by atoms with E-state index in [4.69, 9.17) is 14.2 Å². The Kier molecular flexibility index (Phi) is 10.8. The summed E-state index contributed by atoms with van der Waals surface area (Å²) in [7, 11) is 4.18. The van der Waals surface area contributed by atoms with Crippen molar-refractivity contribution < 1.29 is 23.8 Å². The van der Waals surface area contributed by atoms with E-state index in [1.807, 2.05) is 24.3 Å². The third-order valence-corrected chi connectivity index (χ3v) is 4.86. The fraction of sp³-hybridized carbons (Fsp3) is 0.545. The van der Waals surface area contributed by atoms with E-state index in [9.17, 15) is 9.59 Å². The standard InChI is InChI=1S/C22H33NO5/c1-6-8-9-10-20(23-17-11-13-18(26-3)14-12-17)16(7-2)15-19(21(24)27-4)22(25)28-5/h7,11-14,16,19-20,23H,2,6,8-10,15H2,1,3-5H3/t16-,20+/m1/s1. The molecule has 0 amide bonds. The summed E-state index contributed by atoms with van der Waals surface area (Å²) in [5.74, 6) is -1.47. The quantitative estimate of drug-likeness (QED) is 0.235. The Labute approximate surface area is 168 Å². The van der Waals surface area contributed by atoms with E-state index in [2.05, 4.69) is 18.8 Å². The van der Waals surface area contributed by atoms with Gasteiger partial charge in [-0.3, -0.25) is 9.59 Å². The molecule has 2 atom stereocenters. The Hall–Kier alpha value is -2.50. The zero-order chi connectivity index (χ0) is 20.9. The van der Waals surface area contributed by atoms with Gasteiger partial charge in [-0.1, -0.05) is 32.3 Å². The second-order valence-corrected chi connectivity index (χ2v) is 6.71. The van der Waals surface area contributed by atoms with Crippen LogP contribution in [-0.2, 0) is 19.1 Å². The van der Waals surface area contributed by atoms with Crippen molar-refractivity contribution in [1.29, 1.82) is 0 Å². The number of carbonyl (C=O) groups is 2. The van der Waals surface area contributed by atoms with Crippen LogP contribution in [-0.4, -0.2) is 39.3 Å². The summed E-state index contributed by atoms with van der Waals surface area (Å²) >= 11 is 0. The third-order valence-electron chi connectivity index (χ3n) is 4.86. The molecule has 0 aromatic heterocycles. The van der Waals surface area contributed by atoms with E-state index >= 15 is 0 Å². The number of benzene rings is 1. The molecule has 0 heterocycles. The summed E-state index contributed by atoms with van der Waals surface area (Å²) in [6, 6.07) is 7.70. The second kappa shape index (κ2) is 12.8. The summed E-state index contributed by atoms with van der Waals surface area (Å²) in [6.45, 7) is 6.09. The van der Waals surface area contributed by atoms with Crippen molar-refractivity contribution in [3.05, 3.63) is 36.9 Å². The van der Waals surface area contributed by atoms with Crippen LogP contribution >= 0.6 is 0 Å². The van der Waals surface area contributed by atoms with Crippen molar-refractivity contribution in [3.8, 4) is 5.75 Å². The number of methoxy groups -OCH3 is 3. The largest absolute Gasteiger partial charge is 0.497 e. The van der Waals surface area contributed by atoms with Crippen molar-refractivity contribution in [3.63, 3.8) is 0 Å². The molecular formula is C22H33NO5. The summed E-state index contributed by atoms with van der Waals surface area (Å²) in [6.07, 6.45) is 6.24. The van der Waals surface area contributed by atoms with Gasteiger partial charge in [-0.2, -0.15) is 0 Å².